The largest absolute Gasteiger partial charge is 0.296 e. The molecule has 106 valence electrons. The van der Waals surface area contributed by atoms with Crippen LogP contribution in [0.4, 0.5) is 0 Å². The number of piperidine rings is 1. The lowest BCUT2D eigenvalue weighted by Gasteiger charge is -2.30. The highest BCUT2D eigenvalue weighted by Gasteiger charge is 2.37. The summed E-state index contributed by atoms with van der Waals surface area (Å²) in [7, 11) is 0. The van der Waals surface area contributed by atoms with Crippen molar-refractivity contribution in [3.05, 3.63) is 70.2 Å². The molecule has 1 aliphatic heterocycles. The molecule has 2 aromatic carbocycles. The van der Waals surface area contributed by atoms with Gasteiger partial charge >= 0.3 is 0 Å². The van der Waals surface area contributed by atoms with E-state index in [0.29, 0.717) is 6.42 Å². The van der Waals surface area contributed by atoms with E-state index >= 15 is 0 Å². The second kappa shape index (κ2) is 5.82. The number of carbonyl (C=O) groups is 2. The van der Waals surface area contributed by atoms with Crippen LogP contribution in [-0.2, 0) is 9.59 Å². The van der Waals surface area contributed by atoms with Gasteiger partial charge in [-0.1, -0.05) is 58.4 Å². The van der Waals surface area contributed by atoms with Crippen LogP contribution in [0.3, 0.4) is 0 Å². The average molecular weight is 344 g/mol. The highest BCUT2D eigenvalue weighted by atomic mass is 79.9. The molecule has 3 rings (SSSR count). The van der Waals surface area contributed by atoms with Gasteiger partial charge in [-0.05, 0) is 23.3 Å². The molecule has 1 aliphatic rings. The van der Waals surface area contributed by atoms with Crippen molar-refractivity contribution in [1.82, 2.24) is 5.32 Å². The smallest absolute Gasteiger partial charge is 0.234 e. The molecule has 1 fully saturated rings. The fourth-order valence-corrected chi connectivity index (χ4v) is 3.10. The van der Waals surface area contributed by atoms with Crippen molar-refractivity contribution in [1.29, 1.82) is 0 Å². The lowest BCUT2D eigenvalue weighted by atomic mass is 9.76. The van der Waals surface area contributed by atoms with Gasteiger partial charge in [0.15, 0.2) is 0 Å². The molecule has 2 aromatic rings. The molecule has 2 atom stereocenters. The Morgan fingerprint density at radius 2 is 1.57 bits per heavy atom. The predicted molar refractivity (Wildman–Crippen MR) is 83.8 cm³/mol. The quantitative estimate of drug-likeness (QED) is 0.849. The van der Waals surface area contributed by atoms with E-state index in [2.05, 4.69) is 21.2 Å². The Balaban J connectivity index is 2.03. The number of hydrogen-bond acceptors (Lipinski definition) is 2. The number of imide groups is 1. The van der Waals surface area contributed by atoms with Crippen LogP contribution in [0.25, 0.3) is 0 Å². The van der Waals surface area contributed by atoms with Gasteiger partial charge < -0.3 is 0 Å². The van der Waals surface area contributed by atoms with E-state index in [0.717, 1.165) is 15.6 Å². The van der Waals surface area contributed by atoms with Gasteiger partial charge in [-0.25, -0.2) is 0 Å². The van der Waals surface area contributed by atoms with Gasteiger partial charge in [0.05, 0.1) is 5.92 Å². The Hall–Kier alpha value is -1.94. The van der Waals surface area contributed by atoms with Crippen LogP contribution in [0.1, 0.15) is 29.4 Å². The highest BCUT2D eigenvalue weighted by Crippen LogP contribution is 2.38. The van der Waals surface area contributed by atoms with E-state index in [-0.39, 0.29) is 23.7 Å². The number of rotatable bonds is 2. The van der Waals surface area contributed by atoms with Crippen molar-refractivity contribution in [2.75, 3.05) is 0 Å². The first kappa shape index (κ1) is 14.0. The lowest BCUT2D eigenvalue weighted by Crippen LogP contribution is -2.43. The van der Waals surface area contributed by atoms with Gasteiger partial charge in [0.2, 0.25) is 11.8 Å². The van der Waals surface area contributed by atoms with Crippen molar-refractivity contribution in [2.24, 2.45) is 0 Å². The first-order valence-corrected chi connectivity index (χ1v) is 7.58. The first-order chi connectivity index (χ1) is 10.1. The minimum atomic E-state index is -0.329. The molecule has 3 nitrogen and oxygen atoms in total. The molecule has 2 amide bonds. The molecule has 1 heterocycles. The summed E-state index contributed by atoms with van der Waals surface area (Å²) in [6.45, 7) is 0. The van der Waals surface area contributed by atoms with Gasteiger partial charge in [0.25, 0.3) is 0 Å². The second-order valence-electron chi connectivity index (χ2n) is 5.16. The van der Waals surface area contributed by atoms with Crippen molar-refractivity contribution < 1.29 is 9.59 Å². The molecule has 0 bridgehead atoms. The van der Waals surface area contributed by atoms with Crippen molar-refractivity contribution in [2.45, 2.75) is 18.3 Å². The summed E-state index contributed by atoms with van der Waals surface area (Å²) in [6.07, 6.45) is 0.326. The third kappa shape index (κ3) is 2.90. The number of carbonyl (C=O) groups excluding carboxylic acids is 2. The van der Waals surface area contributed by atoms with E-state index in [9.17, 15) is 9.59 Å². The highest BCUT2D eigenvalue weighted by molar-refractivity contribution is 9.10. The zero-order valence-electron chi connectivity index (χ0n) is 11.3. The Morgan fingerprint density at radius 3 is 2.24 bits per heavy atom. The molecular weight excluding hydrogens is 330 g/mol. The van der Waals surface area contributed by atoms with Crippen LogP contribution in [0.15, 0.2) is 59.1 Å². The SMILES string of the molecule is O=C1CC(c2ccc(Br)cc2)C(c2ccccc2)C(=O)N1. The van der Waals surface area contributed by atoms with Gasteiger partial charge in [0.1, 0.15) is 0 Å². The van der Waals surface area contributed by atoms with E-state index in [1.807, 2.05) is 54.6 Å². The van der Waals surface area contributed by atoms with Crippen molar-refractivity contribution in [3.63, 3.8) is 0 Å². The van der Waals surface area contributed by atoms with Crippen LogP contribution in [-0.4, -0.2) is 11.8 Å². The molecule has 0 aromatic heterocycles. The Morgan fingerprint density at radius 1 is 0.905 bits per heavy atom. The number of amides is 2. The molecule has 0 spiro atoms. The fraction of sp³-hybridized carbons (Fsp3) is 0.176. The number of hydrogen-bond donors (Lipinski definition) is 1. The normalized spacial score (nSPS) is 22.0. The molecule has 1 saturated heterocycles. The molecule has 1 N–H and O–H groups in total. The van der Waals surface area contributed by atoms with Crippen LogP contribution in [0, 0.1) is 0 Å². The van der Waals surface area contributed by atoms with Gasteiger partial charge in [-0.15, -0.1) is 0 Å². The zero-order valence-corrected chi connectivity index (χ0v) is 12.8. The number of halogens is 1. The molecular formula is C17H14BrNO2. The molecule has 0 saturated carbocycles. The Bertz CT molecular complexity index is 667. The summed E-state index contributed by atoms with van der Waals surface area (Å²) in [5, 5.41) is 2.45. The zero-order chi connectivity index (χ0) is 14.8. The topological polar surface area (TPSA) is 46.2 Å². The summed E-state index contributed by atoms with van der Waals surface area (Å²) in [4.78, 5) is 24.1. The van der Waals surface area contributed by atoms with E-state index < -0.39 is 0 Å². The van der Waals surface area contributed by atoms with E-state index in [1.54, 1.807) is 0 Å². The summed E-state index contributed by atoms with van der Waals surface area (Å²) >= 11 is 3.41. The van der Waals surface area contributed by atoms with Crippen LogP contribution < -0.4 is 5.32 Å². The van der Waals surface area contributed by atoms with Gasteiger partial charge in [-0.2, -0.15) is 0 Å². The molecule has 0 radical (unpaired) electrons. The summed E-state index contributed by atoms with van der Waals surface area (Å²) in [5.74, 6) is -0.878. The third-order valence-electron chi connectivity index (χ3n) is 3.81. The summed E-state index contributed by atoms with van der Waals surface area (Å²) in [6, 6.07) is 17.4. The fourth-order valence-electron chi connectivity index (χ4n) is 2.83. The maximum absolute atomic E-state index is 12.3. The van der Waals surface area contributed by atoms with Gasteiger partial charge in [0, 0.05) is 16.8 Å². The van der Waals surface area contributed by atoms with E-state index in [4.69, 9.17) is 0 Å². The maximum atomic E-state index is 12.3. The Labute approximate surface area is 131 Å². The predicted octanol–water partition coefficient (Wildman–Crippen LogP) is 3.36. The third-order valence-corrected chi connectivity index (χ3v) is 4.34. The molecule has 2 unspecified atom stereocenters. The van der Waals surface area contributed by atoms with Crippen molar-refractivity contribution >= 4 is 27.7 Å². The molecule has 4 heteroatoms. The minimum absolute atomic E-state index is 0.123. The molecule has 21 heavy (non-hydrogen) atoms. The van der Waals surface area contributed by atoms with Gasteiger partial charge in [-0.3, -0.25) is 14.9 Å². The van der Waals surface area contributed by atoms with Crippen LogP contribution >= 0.6 is 15.9 Å². The number of benzene rings is 2. The van der Waals surface area contributed by atoms with E-state index in [1.165, 1.54) is 0 Å². The number of nitrogens with one attached hydrogen (secondary N) is 1. The Kier molecular flexibility index (Phi) is 3.88. The van der Waals surface area contributed by atoms with Crippen LogP contribution in [0.2, 0.25) is 0 Å². The minimum Gasteiger partial charge on any atom is -0.296 e. The summed E-state index contributed by atoms with van der Waals surface area (Å²) in [5.41, 5.74) is 1.95. The summed E-state index contributed by atoms with van der Waals surface area (Å²) < 4.78 is 0.981. The molecule has 0 aliphatic carbocycles. The monoisotopic (exact) mass is 343 g/mol. The average Bonchev–Trinajstić information content (AvgIpc) is 2.48. The second-order valence-corrected chi connectivity index (χ2v) is 6.08. The standard InChI is InChI=1S/C17H14BrNO2/c18-13-8-6-11(7-9-13)14-10-15(20)19-17(21)16(14)12-4-2-1-3-5-12/h1-9,14,16H,10H2,(H,19,20,21). The maximum Gasteiger partial charge on any atom is 0.234 e. The van der Waals surface area contributed by atoms with Crippen LogP contribution in [0.5, 0.6) is 0 Å². The van der Waals surface area contributed by atoms with Crippen molar-refractivity contribution in [3.8, 4) is 0 Å². The first-order valence-electron chi connectivity index (χ1n) is 6.79. The lowest BCUT2D eigenvalue weighted by molar-refractivity contribution is -0.135.